The molecular formula is C12H30ClNO5Si. The maximum absolute atomic E-state index is 5.62. The van der Waals surface area contributed by atoms with Crippen molar-refractivity contribution in [1.29, 1.82) is 0 Å². The third-order valence-corrected chi connectivity index (χ3v) is 7.04. The van der Waals surface area contributed by atoms with Gasteiger partial charge in [0.25, 0.3) is 0 Å². The average Bonchev–Trinajstić information content (AvgIpc) is 2.46. The summed E-state index contributed by atoms with van der Waals surface area (Å²) in [7, 11) is 5.51. The molecule has 0 amide bonds. The summed E-state index contributed by atoms with van der Waals surface area (Å²) in [5.41, 5.74) is 0.0393. The summed E-state index contributed by atoms with van der Waals surface area (Å²) in [5.74, 6) is 0. The lowest BCUT2D eigenvalue weighted by Gasteiger charge is -2.40. The predicted octanol–water partition coefficient (Wildman–Crippen LogP) is -2.94. The van der Waals surface area contributed by atoms with Gasteiger partial charge in [-0.2, -0.15) is 0 Å². The number of nitrogens with one attached hydrogen (secondary N) is 1. The second-order valence-electron chi connectivity index (χ2n) is 4.43. The van der Waals surface area contributed by atoms with Crippen LogP contribution in [0.4, 0.5) is 0 Å². The van der Waals surface area contributed by atoms with E-state index in [1.54, 1.807) is 35.5 Å². The molecule has 0 aromatic carbocycles. The number of quaternary nitrogens is 1. The smallest absolute Gasteiger partial charge is 0.561 e. The van der Waals surface area contributed by atoms with E-state index < -0.39 is 8.80 Å². The van der Waals surface area contributed by atoms with E-state index in [1.165, 1.54) is 0 Å². The van der Waals surface area contributed by atoms with Crippen LogP contribution in [0.1, 0.15) is 27.2 Å². The van der Waals surface area contributed by atoms with Gasteiger partial charge in [-0.25, -0.2) is 0 Å². The minimum absolute atomic E-state index is 0. The molecule has 0 aromatic heterocycles. The van der Waals surface area contributed by atoms with Crippen molar-refractivity contribution in [3.05, 3.63) is 0 Å². The first-order valence-electron chi connectivity index (χ1n) is 6.55. The number of ether oxygens (including phenoxy) is 2. The van der Waals surface area contributed by atoms with Gasteiger partial charge in [-0.3, -0.25) is 4.90 Å². The Kier molecular flexibility index (Phi) is 12.3. The average molecular weight is 332 g/mol. The topological polar surface area (TPSA) is 50.6 Å². The monoisotopic (exact) mass is 331 g/mol. The second-order valence-corrected chi connectivity index (χ2v) is 7.56. The van der Waals surface area contributed by atoms with Gasteiger partial charge in [0, 0.05) is 55.8 Å². The van der Waals surface area contributed by atoms with Crippen molar-refractivity contribution in [2.24, 2.45) is 0 Å². The summed E-state index contributed by atoms with van der Waals surface area (Å²) in [6, 6.07) is 0. The van der Waals surface area contributed by atoms with E-state index in [9.17, 15) is 0 Å². The zero-order valence-corrected chi connectivity index (χ0v) is 15.6. The van der Waals surface area contributed by atoms with Crippen LogP contribution in [0, 0.1) is 0 Å². The summed E-state index contributed by atoms with van der Waals surface area (Å²) in [5, 5.41) is 0. The van der Waals surface area contributed by atoms with Crippen molar-refractivity contribution < 1.29 is 40.1 Å². The Morgan fingerprint density at radius 3 is 1.40 bits per heavy atom. The van der Waals surface area contributed by atoms with E-state index in [4.69, 9.17) is 22.8 Å². The van der Waals surface area contributed by atoms with Gasteiger partial charge < -0.3 is 35.2 Å². The fourth-order valence-corrected chi connectivity index (χ4v) is 5.27. The molecule has 0 rings (SSSR count). The summed E-state index contributed by atoms with van der Waals surface area (Å²) in [6.45, 7) is 6.11. The largest absolute Gasteiger partial charge is 1.00 e. The van der Waals surface area contributed by atoms with Crippen LogP contribution < -0.4 is 17.3 Å². The Labute approximate surface area is 130 Å². The summed E-state index contributed by atoms with van der Waals surface area (Å²) >= 11 is 0. The minimum Gasteiger partial charge on any atom is -1.00 e. The van der Waals surface area contributed by atoms with Gasteiger partial charge in [0.2, 0.25) is 0 Å². The number of halogens is 1. The van der Waals surface area contributed by atoms with Crippen molar-refractivity contribution in [3.8, 4) is 0 Å². The van der Waals surface area contributed by atoms with E-state index in [0.29, 0.717) is 0 Å². The molecule has 3 unspecified atom stereocenters. The molecule has 3 atom stereocenters. The fourth-order valence-electron chi connectivity index (χ4n) is 2.54. The third-order valence-electron chi connectivity index (χ3n) is 3.74. The van der Waals surface area contributed by atoms with Crippen LogP contribution in [-0.2, 0) is 22.8 Å². The number of rotatable bonds is 10. The van der Waals surface area contributed by atoms with E-state index in [0.717, 1.165) is 11.3 Å². The molecule has 6 nitrogen and oxygen atoms in total. The van der Waals surface area contributed by atoms with Gasteiger partial charge in [0.1, 0.15) is 0 Å². The zero-order valence-electron chi connectivity index (χ0n) is 13.9. The Morgan fingerprint density at radius 2 is 1.20 bits per heavy atom. The van der Waals surface area contributed by atoms with Gasteiger partial charge in [0.15, 0.2) is 18.1 Å². The maximum Gasteiger partial charge on any atom is 0.561 e. The first-order chi connectivity index (χ1) is 8.97. The molecule has 124 valence electrons. The van der Waals surface area contributed by atoms with Crippen LogP contribution in [0.25, 0.3) is 0 Å². The van der Waals surface area contributed by atoms with Crippen LogP contribution in [0.3, 0.4) is 0 Å². The molecule has 8 heteroatoms. The van der Waals surface area contributed by atoms with Crippen LogP contribution in [0.15, 0.2) is 0 Å². The molecule has 0 aliphatic carbocycles. The van der Waals surface area contributed by atoms with E-state index in [1.807, 2.05) is 13.8 Å². The predicted molar refractivity (Wildman–Crippen MR) is 74.8 cm³/mol. The molecule has 0 bridgehead atoms. The molecule has 0 saturated heterocycles. The first kappa shape index (κ1) is 22.5. The highest BCUT2D eigenvalue weighted by atomic mass is 35.5. The molecule has 0 heterocycles. The Bertz CT molecular complexity index is 228. The van der Waals surface area contributed by atoms with Crippen LogP contribution in [0.5, 0.6) is 0 Å². The highest BCUT2D eigenvalue weighted by molar-refractivity contribution is 6.61. The minimum atomic E-state index is -2.77. The van der Waals surface area contributed by atoms with Gasteiger partial charge >= 0.3 is 8.80 Å². The van der Waals surface area contributed by atoms with Crippen molar-refractivity contribution in [1.82, 2.24) is 0 Å². The van der Waals surface area contributed by atoms with E-state index >= 15 is 0 Å². The lowest BCUT2D eigenvalue weighted by molar-refractivity contribution is -1.000. The van der Waals surface area contributed by atoms with E-state index in [-0.39, 0.29) is 30.5 Å². The van der Waals surface area contributed by atoms with Crippen LogP contribution in [-0.4, -0.2) is 62.5 Å². The molecule has 0 radical (unpaired) electrons. The first-order valence-corrected chi connectivity index (χ1v) is 8.35. The number of methoxy groups -OCH3 is 2. The van der Waals surface area contributed by atoms with Crippen molar-refractivity contribution >= 4 is 8.80 Å². The van der Waals surface area contributed by atoms with Gasteiger partial charge in [-0.05, 0) is 0 Å². The molecule has 0 fully saturated rings. The summed E-state index contributed by atoms with van der Waals surface area (Å²) < 4.78 is 27.8. The molecule has 1 N–H and O–H groups in total. The van der Waals surface area contributed by atoms with Gasteiger partial charge in [-0.1, -0.05) is 6.92 Å². The SMILES string of the molecule is CCC([NH+](C(C)OC)C(C)OC)[Si](OC)(OC)OC.[Cl-]. The summed E-state index contributed by atoms with van der Waals surface area (Å²) in [4.78, 5) is 1.12. The zero-order chi connectivity index (χ0) is 15.1. The molecule has 0 aliphatic heterocycles. The van der Waals surface area contributed by atoms with Crippen molar-refractivity contribution in [2.45, 2.75) is 45.3 Å². The Balaban J connectivity index is 0. The molecule has 0 aliphatic rings. The lowest BCUT2D eigenvalue weighted by Crippen LogP contribution is -3.25. The number of hydrogen-bond acceptors (Lipinski definition) is 5. The Morgan fingerprint density at radius 1 is 0.850 bits per heavy atom. The van der Waals surface area contributed by atoms with Crippen molar-refractivity contribution in [3.63, 3.8) is 0 Å². The normalized spacial score (nSPS) is 18.0. The van der Waals surface area contributed by atoms with E-state index in [2.05, 4.69) is 6.92 Å². The lowest BCUT2D eigenvalue weighted by atomic mass is 10.3. The van der Waals surface area contributed by atoms with Gasteiger partial charge in [0.05, 0.1) is 0 Å². The van der Waals surface area contributed by atoms with Crippen molar-refractivity contribution in [2.75, 3.05) is 35.5 Å². The molecule has 0 spiro atoms. The highest BCUT2D eigenvalue weighted by Gasteiger charge is 2.55. The molecule has 0 saturated carbocycles. The second kappa shape index (κ2) is 10.9. The summed E-state index contributed by atoms with van der Waals surface area (Å²) in [6.07, 6.45) is 0.748. The fraction of sp³-hybridized carbons (Fsp3) is 1.00. The molecular weight excluding hydrogens is 302 g/mol. The standard InChI is InChI=1S/C12H29NO5Si.ClH/c1-9-12(19(16-6,17-7)18-8)13(10(2)14-4)11(3)15-5;/h10-12H,9H2,1-8H3;1H. The molecule has 0 aromatic rings. The highest BCUT2D eigenvalue weighted by Crippen LogP contribution is 2.13. The molecule has 20 heavy (non-hydrogen) atoms. The van der Waals surface area contributed by atoms with Crippen LogP contribution in [0.2, 0.25) is 0 Å². The Hall–Kier alpha value is 0.267. The van der Waals surface area contributed by atoms with Crippen LogP contribution >= 0.6 is 0 Å². The van der Waals surface area contributed by atoms with Gasteiger partial charge in [-0.15, -0.1) is 0 Å². The third kappa shape index (κ3) is 4.92. The number of hydrogen-bond donors (Lipinski definition) is 1. The maximum atomic E-state index is 5.62. The quantitative estimate of drug-likeness (QED) is 0.343.